The molecule has 1 atom stereocenters. The maximum Gasteiger partial charge on any atom is 0.410 e. The van der Waals surface area contributed by atoms with Crippen LogP contribution in [0, 0.1) is 5.82 Å². The molecule has 0 bridgehead atoms. The molecule has 0 unspecified atom stereocenters. The Morgan fingerprint density at radius 2 is 1.80 bits per heavy atom. The van der Waals surface area contributed by atoms with Gasteiger partial charge in [-0.1, -0.05) is 30.3 Å². The molecular formula is C28H35FN2O4. The summed E-state index contributed by atoms with van der Waals surface area (Å²) < 4.78 is 25.9. The first-order valence-corrected chi connectivity index (χ1v) is 12.4. The summed E-state index contributed by atoms with van der Waals surface area (Å²) in [7, 11) is 0. The molecule has 188 valence electrons. The fourth-order valence-corrected chi connectivity index (χ4v) is 4.52. The highest BCUT2D eigenvalue weighted by atomic mass is 19.1. The van der Waals surface area contributed by atoms with E-state index in [0.717, 1.165) is 29.5 Å². The summed E-state index contributed by atoms with van der Waals surface area (Å²) in [5, 5.41) is 0. The van der Waals surface area contributed by atoms with Crippen LogP contribution in [-0.4, -0.2) is 53.1 Å². The van der Waals surface area contributed by atoms with Crippen LogP contribution < -0.4 is 0 Å². The molecule has 2 aromatic rings. The number of hydrogen-bond donors (Lipinski definition) is 0. The SMILES string of the molecule is C[C@@H]1CN(Cc2cc(F)c(C(=O)OC(C)(C)C)cc2C2CC2)CCN1C(=O)OCc1ccccc1. The summed E-state index contributed by atoms with van der Waals surface area (Å²) in [6, 6.07) is 12.8. The Morgan fingerprint density at radius 1 is 1.09 bits per heavy atom. The Morgan fingerprint density at radius 3 is 2.43 bits per heavy atom. The number of esters is 1. The lowest BCUT2D eigenvalue weighted by atomic mass is 9.98. The van der Waals surface area contributed by atoms with Crippen LogP contribution in [0.3, 0.4) is 0 Å². The number of carbonyl (C=O) groups excluding carboxylic acids is 2. The number of nitrogens with zero attached hydrogens (tertiary/aromatic N) is 2. The van der Waals surface area contributed by atoms with Crippen molar-refractivity contribution in [3.63, 3.8) is 0 Å². The first-order chi connectivity index (χ1) is 16.6. The molecule has 0 spiro atoms. The standard InChI is InChI=1S/C28H35FN2O4/c1-19-16-30(12-13-31(19)27(33)34-18-20-8-6-5-7-9-20)17-22-14-25(29)24(15-23(22)21-10-11-21)26(32)35-28(2,3)4/h5-9,14-15,19,21H,10-13,16-18H2,1-4H3/t19-/m1/s1. The molecule has 1 aliphatic heterocycles. The van der Waals surface area contributed by atoms with Crippen LogP contribution >= 0.6 is 0 Å². The normalized spacial score (nSPS) is 18.9. The van der Waals surface area contributed by atoms with E-state index < -0.39 is 17.4 Å². The van der Waals surface area contributed by atoms with E-state index in [1.807, 2.05) is 37.3 Å². The molecule has 1 aliphatic carbocycles. The molecule has 0 aromatic heterocycles. The second-order valence-corrected chi connectivity index (χ2v) is 10.6. The van der Waals surface area contributed by atoms with Crippen molar-refractivity contribution in [1.82, 2.24) is 9.80 Å². The van der Waals surface area contributed by atoms with E-state index in [4.69, 9.17) is 9.47 Å². The van der Waals surface area contributed by atoms with Gasteiger partial charge in [0, 0.05) is 32.2 Å². The maximum atomic E-state index is 15.0. The molecule has 1 saturated carbocycles. The number of piperazine rings is 1. The summed E-state index contributed by atoms with van der Waals surface area (Å²) in [4.78, 5) is 29.2. The Labute approximate surface area is 207 Å². The van der Waals surface area contributed by atoms with Crippen molar-refractivity contribution in [1.29, 1.82) is 0 Å². The zero-order chi connectivity index (χ0) is 25.2. The molecule has 7 heteroatoms. The Hall–Kier alpha value is -2.93. The fraction of sp³-hybridized carbons (Fsp3) is 0.500. The molecule has 4 rings (SSSR count). The lowest BCUT2D eigenvalue weighted by molar-refractivity contribution is 0.00644. The molecule has 35 heavy (non-hydrogen) atoms. The van der Waals surface area contributed by atoms with Gasteiger partial charge in [0.25, 0.3) is 0 Å². The minimum atomic E-state index is -0.681. The van der Waals surface area contributed by atoms with Crippen LogP contribution in [0.2, 0.25) is 0 Å². The third kappa shape index (κ3) is 6.60. The van der Waals surface area contributed by atoms with Gasteiger partial charge in [-0.15, -0.1) is 0 Å². The number of rotatable bonds is 6. The first kappa shape index (κ1) is 25.2. The quantitative estimate of drug-likeness (QED) is 0.509. The second kappa shape index (κ2) is 10.4. The van der Waals surface area contributed by atoms with E-state index in [1.54, 1.807) is 31.7 Å². The van der Waals surface area contributed by atoms with Crippen molar-refractivity contribution in [2.24, 2.45) is 0 Å². The van der Waals surface area contributed by atoms with Crippen molar-refractivity contribution in [3.05, 3.63) is 70.5 Å². The van der Waals surface area contributed by atoms with Crippen molar-refractivity contribution in [3.8, 4) is 0 Å². The zero-order valence-corrected chi connectivity index (χ0v) is 21.1. The highest BCUT2D eigenvalue weighted by molar-refractivity contribution is 5.90. The van der Waals surface area contributed by atoms with E-state index in [-0.39, 0.29) is 24.3 Å². The summed E-state index contributed by atoms with van der Waals surface area (Å²) in [5.74, 6) is -0.812. The predicted octanol–water partition coefficient (Wildman–Crippen LogP) is 5.50. The topological polar surface area (TPSA) is 59.1 Å². The van der Waals surface area contributed by atoms with Crippen LogP contribution in [0.25, 0.3) is 0 Å². The van der Waals surface area contributed by atoms with Crippen LogP contribution in [-0.2, 0) is 22.6 Å². The summed E-state index contributed by atoms with van der Waals surface area (Å²) >= 11 is 0. The fourth-order valence-electron chi connectivity index (χ4n) is 4.52. The van der Waals surface area contributed by atoms with E-state index >= 15 is 0 Å². The highest BCUT2D eigenvalue weighted by Crippen LogP contribution is 2.43. The van der Waals surface area contributed by atoms with Crippen LogP contribution in [0.5, 0.6) is 0 Å². The number of hydrogen-bond acceptors (Lipinski definition) is 5. The summed E-state index contributed by atoms with van der Waals surface area (Å²) in [5.41, 5.74) is 2.22. The lowest BCUT2D eigenvalue weighted by Crippen LogP contribution is -2.53. The van der Waals surface area contributed by atoms with Gasteiger partial charge in [-0.2, -0.15) is 0 Å². The lowest BCUT2D eigenvalue weighted by Gasteiger charge is -2.39. The Kier molecular flexibility index (Phi) is 7.45. The number of halogens is 1. The molecule has 6 nitrogen and oxygen atoms in total. The van der Waals surface area contributed by atoms with Crippen LogP contribution in [0.15, 0.2) is 42.5 Å². The van der Waals surface area contributed by atoms with E-state index in [0.29, 0.717) is 32.1 Å². The van der Waals surface area contributed by atoms with Gasteiger partial charge in [-0.25, -0.2) is 14.0 Å². The largest absolute Gasteiger partial charge is 0.456 e. The van der Waals surface area contributed by atoms with Gasteiger partial charge in [-0.05, 0) is 75.3 Å². The molecule has 1 heterocycles. The number of ether oxygens (including phenoxy) is 2. The highest BCUT2D eigenvalue weighted by Gasteiger charge is 2.32. The number of amides is 1. The molecule has 0 N–H and O–H groups in total. The third-order valence-electron chi connectivity index (χ3n) is 6.41. The molecule has 2 aliphatic rings. The summed E-state index contributed by atoms with van der Waals surface area (Å²) in [6.07, 6.45) is 1.78. The van der Waals surface area contributed by atoms with Gasteiger partial charge in [0.15, 0.2) is 0 Å². The molecule has 1 saturated heterocycles. The third-order valence-corrected chi connectivity index (χ3v) is 6.41. The molecule has 0 radical (unpaired) electrons. The van der Waals surface area contributed by atoms with Crippen molar-refractivity contribution in [2.75, 3.05) is 19.6 Å². The number of carbonyl (C=O) groups is 2. The minimum absolute atomic E-state index is 0.00456. The second-order valence-electron chi connectivity index (χ2n) is 10.6. The van der Waals surface area contributed by atoms with Crippen molar-refractivity contribution < 1.29 is 23.5 Å². The average molecular weight is 483 g/mol. The Balaban J connectivity index is 1.39. The van der Waals surface area contributed by atoms with Gasteiger partial charge in [0.1, 0.15) is 18.0 Å². The van der Waals surface area contributed by atoms with Gasteiger partial charge < -0.3 is 14.4 Å². The average Bonchev–Trinajstić information content (AvgIpc) is 3.62. The van der Waals surface area contributed by atoms with E-state index in [9.17, 15) is 14.0 Å². The monoisotopic (exact) mass is 482 g/mol. The minimum Gasteiger partial charge on any atom is -0.456 e. The van der Waals surface area contributed by atoms with E-state index in [2.05, 4.69) is 4.90 Å². The smallest absolute Gasteiger partial charge is 0.410 e. The molecule has 2 fully saturated rings. The van der Waals surface area contributed by atoms with Gasteiger partial charge in [-0.3, -0.25) is 4.90 Å². The Bertz CT molecular complexity index is 1060. The zero-order valence-electron chi connectivity index (χ0n) is 21.1. The first-order valence-electron chi connectivity index (χ1n) is 12.4. The van der Waals surface area contributed by atoms with Gasteiger partial charge in [0.05, 0.1) is 5.56 Å². The predicted molar refractivity (Wildman–Crippen MR) is 132 cm³/mol. The van der Waals surface area contributed by atoms with Crippen LogP contribution in [0.4, 0.5) is 9.18 Å². The van der Waals surface area contributed by atoms with Gasteiger partial charge in [0.2, 0.25) is 0 Å². The molecule has 1 amide bonds. The van der Waals surface area contributed by atoms with Gasteiger partial charge >= 0.3 is 12.1 Å². The van der Waals surface area contributed by atoms with Crippen LogP contribution in [0.1, 0.15) is 73.5 Å². The van der Waals surface area contributed by atoms with E-state index in [1.165, 1.54) is 6.07 Å². The molecule has 2 aromatic carbocycles. The summed E-state index contributed by atoms with van der Waals surface area (Å²) in [6.45, 7) is 10.0. The maximum absolute atomic E-state index is 15.0. The van der Waals surface area contributed by atoms with Crippen molar-refractivity contribution >= 4 is 12.1 Å². The molecular weight excluding hydrogens is 447 g/mol. The number of benzene rings is 2. The van der Waals surface area contributed by atoms with Crippen molar-refractivity contribution in [2.45, 2.75) is 71.2 Å².